The van der Waals surface area contributed by atoms with Crippen LogP contribution < -0.4 is 0 Å². The van der Waals surface area contributed by atoms with E-state index in [2.05, 4.69) is 0 Å². The number of hydrogen-bond acceptors (Lipinski definition) is 3. The van der Waals surface area contributed by atoms with Crippen LogP contribution in [-0.2, 0) is 20.0 Å². The molecule has 1 aliphatic rings. The number of sulfone groups is 1. The zero-order valence-electron chi connectivity index (χ0n) is 13.2. The van der Waals surface area contributed by atoms with Crippen LogP contribution in [0.3, 0.4) is 0 Å². The molecule has 4 nitrogen and oxygen atoms in total. The van der Waals surface area contributed by atoms with Gasteiger partial charge in [0.05, 0.1) is 16.9 Å². The van der Waals surface area contributed by atoms with Gasteiger partial charge in [0, 0.05) is 17.6 Å². The van der Waals surface area contributed by atoms with Crippen LogP contribution in [0.2, 0.25) is 5.02 Å². The summed E-state index contributed by atoms with van der Waals surface area (Å²) in [5.41, 5.74) is 0.161. The van der Waals surface area contributed by atoms with Crippen molar-refractivity contribution in [2.75, 3.05) is 18.1 Å². The molecule has 1 atom stereocenters. The molecule has 0 saturated carbocycles. The Labute approximate surface area is 137 Å². The molecule has 6 heteroatoms. The first kappa shape index (κ1) is 17.3. The van der Waals surface area contributed by atoms with Crippen LogP contribution in [0.4, 0.5) is 0 Å². The number of halogens is 1. The summed E-state index contributed by atoms with van der Waals surface area (Å²) in [7, 11) is -3.01. The number of likely N-dealkylation sites (N-methyl/N-ethyl adjacent to an activating group) is 1. The second-order valence-corrected chi connectivity index (χ2v) is 8.95. The Kier molecular flexibility index (Phi) is 4.87. The first-order valence-electron chi connectivity index (χ1n) is 7.45. The molecular formula is C16H22ClNO3S. The number of hydrogen-bond donors (Lipinski definition) is 0. The van der Waals surface area contributed by atoms with Crippen molar-refractivity contribution in [2.45, 2.75) is 38.6 Å². The van der Waals surface area contributed by atoms with E-state index >= 15 is 0 Å². The van der Waals surface area contributed by atoms with E-state index in [-0.39, 0.29) is 23.5 Å². The second-order valence-electron chi connectivity index (χ2n) is 6.28. The first-order valence-corrected chi connectivity index (χ1v) is 9.65. The lowest BCUT2D eigenvalue weighted by molar-refractivity contribution is -0.138. The maximum absolute atomic E-state index is 13.0. The Hall–Kier alpha value is -1.07. The third-order valence-electron chi connectivity index (χ3n) is 4.35. The third-order valence-corrected chi connectivity index (χ3v) is 6.35. The minimum Gasteiger partial charge on any atom is -0.338 e. The molecule has 0 aliphatic carbocycles. The molecule has 1 saturated heterocycles. The van der Waals surface area contributed by atoms with Crippen LogP contribution in [0.1, 0.15) is 32.8 Å². The van der Waals surface area contributed by atoms with E-state index in [1.54, 1.807) is 17.0 Å². The smallest absolute Gasteiger partial charge is 0.232 e. The SMILES string of the molecule is CCN(C(=O)C(C)(C)c1ccc(Cl)cc1)C1CCS(=O)(=O)C1. The lowest BCUT2D eigenvalue weighted by atomic mass is 9.82. The van der Waals surface area contributed by atoms with Gasteiger partial charge in [-0.2, -0.15) is 0 Å². The van der Waals surface area contributed by atoms with E-state index in [0.29, 0.717) is 18.0 Å². The molecule has 0 N–H and O–H groups in total. The molecule has 1 aromatic carbocycles. The van der Waals surface area contributed by atoms with Crippen LogP contribution in [0.25, 0.3) is 0 Å². The van der Waals surface area contributed by atoms with Crippen molar-refractivity contribution in [1.29, 1.82) is 0 Å². The van der Waals surface area contributed by atoms with E-state index < -0.39 is 15.3 Å². The Morgan fingerprint density at radius 2 is 1.91 bits per heavy atom. The molecule has 1 amide bonds. The second kappa shape index (κ2) is 6.20. The summed E-state index contributed by atoms with van der Waals surface area (Å²) in [6.07, 6.45) is 0.526. The number of amides is 1. The summed E-state index contributed by atoms with van der Waals surface area (Å²) in [6.45, 7) is 6.13. The number of nitrogens with zero attached hydrogens (tertiary/aromatic N) is 1. The average molecular weight is 344 g/mol. The van der Waals surface area contributed by atoms with E-state index in [1.165, 1.54) is 0 Å². The number of benzene rings is 1. The van der Waals surface area contributed by atoms with Gasteiger partial charge in [0.15, 0.2) is 9.84 Å². The fourth-order valence-corrected chi connectivity index (χ4v) is 4.79. The Morgan fingerprint density at radius 1 is 1.32 bits per heavy atom. The summed E-state index contributed by atoms with van der Waals surface area (Å²) in [5.74, 6) is 0.200. The molecule has 1 aliphatic heterocycles. The summed E-state index contributed by atoms with van der Waals surface area (Å²) in [5, 5.41) is 0.626. The van der Waals surface area contributed by atoms with Crippen LogP contribution in [-0.4, -0.2) is 43.3 Å². The van der Waals surface area contributed by atoms with Gasteiger partial charge < -0.3 is 4.90 Å². The fraction of sp³-hybridized carbons (Fsp3) is 0.562. The highest BCUT2D eigenvalue weighted by Gasteiger charge is 2.40. The number of carbonyl (C=O) groups is 1. The van der Waals surface area contributed by atoms with Crippen LogP contribution in [0.15, 0.2) is 24.3 Å². The number of carbonyl (C=O) groups excluding carboxylic acids is 1. The van der Waals surface area contributed by atoms with Crippen molar-refractivity contribution in [2.24, 2.45) is 0 Å². The monoisotopic (exact) mass is 343 g/mol. The van der Waals surface area contributed by atoms with Gasteiger partial charge in [0.1, 0.15) is 0 Å². The molecule has 0 spiro atoms. The van der Waals surface area contributed by atoms with Crippen molar-refractivity contribution >= 4 is 27.3 Å². The average Bonchev–Trinajstić information content (AvgIpc) is 2.80. The summed E-state index contributed by atoms with van der Waals surface area (Å²) < 4.78 is 23.4. The van der Waals surface area contributed by atoms with Gasteiger partial charge in [0.25, 0.3) is 0 Å². The lowest BCUT2D eigenvalue weighted by Crippen LogP contribution is -2.49. The van der Waals surface area contributed by atoms with Crippen molar-refractivity contribution in [1.82, 2.24) is 4.90 Å². The predicted octanol–water partition coefficient (Wildman–Crippen LogP) is 2.65. The van der Waals surface area contributed by atoms with Crippen LogP contribution >= 0.6 is 11.6 Å². The van der Waals surface area contributed by atoms with Gasteiger partial charge >= 0.3 is 0 Å². The molecule has 122 valence electrons. The van der Waals surface area contributed by atoms with Gasteiger partial charge in [-0.3, -0.25) is 4.79 Å². The molecule has 22 heavy (non-hydrogen) atoms. The van der Waals surface area contributed by atoms with Gasteiger partial charge in [-0.25, -0.2) is 8.42 Å². The summed E-state index contributed by atoms with van der Waals surface area (Å²) in [6, 6.07) is 7.01. The first-order chi connectivity index (χ1) is 10.2. The molecule has 0 aromatic heterocycles. The summed E-state index contributed by atoms with van der Waals surface area (Å²) >= 11 is 5.90. The number of rotatable bonds is 4. The highest BCUT2D eigenvalue weighted by molar-refractivity contribution is 7.91. The van der Waals surface area contributed by atoms with Gasteiger partial charge in [-0.15, -0.1) is 0 Å². The van der Waals surface area contributed by atoms with E-state index in [1.807, 2.05) is 32.9 Å². The standard InChI is InChI=1S/C16H22ClNO3S/c1-4-18(14-9-10-22(20,21)11-14)15(19)16(2,3)12-5-7-13(17)8-6-12/h5-8,14H,4,9-11H2,1-3H3. The quantitative estimate of drug-likeness (QED) is 0.844. The molecule has 1 heterocycles. The highest BCUT2D eigenvalue weighted by atomic mass is 35.5. The minimum atomic E-state index is -3.01. The van der Waals surface area contributed by atoms with Crippen LogP contribution in [0, 0.1) is 0 Å². The zero-order chi connectivity index (χ0) is 16.5. The van der Waals surface area contributed by atoms with Crippen molar-refractivity contribution in [3.05, 3.63) is 34.9 Å². The highest BCUT2D eigenvalue weighted by Crippen LogP contribution is 2.29. The Morgan fingerprint density at radius 3 is 2.36 bits per heavy atom. The van der Waals surface area contributed by atoms with E-state index in [0.717, 1.165) is 5.56 Å². The van der Waals surface area contributed by atoms with E-state index in [4.69, 9.17) is 11.6 Å². The van der Waals surface area contributed by atoms with Crippen molar-refractivity contribution in [3.8, 4) is 0 Å². The predicted molar refractivity (Wildman–Crippen MR) is 88.9 cm³/mol. The van der Waals surface area contributed by atoms with Gasteiger partial charge in [0.2, 0.25) is 5.91 Å². The van der Waals surface area contributed by atoms with Gasteiger partial charge in [-0.1, -0.05) is 23.7 Å². The van der Waals surface area contributed by atoms with E-state index in [9.17, 15) is 13.2 Å². The topological polar surface area (TPSA) is 54.5 Å². The Balaban J connectivity index is 2.25. The molecule has 1 aromatic rings. The van der Waals surface area contributed by atoms with Crippen molar-refractivity contribution < 1.29 is 13.2 Å². The lowest BCUT2D eigenvalue weighted by Gasteiger charge is -2.35. The molecule has 1 fully saturated rings. The van der Waals surface area contributed by atoms with Crippen LogP contribution in [0.5, 0.6) is 0 Å². The van der Waals surface area contributed by atoms with Gasteiger partial charge in [-0.05, 0) is 44.9 Å². The third kappa shape index (κ3) is 3.46. The maximum atomic E-state index is 13.0. The Bertz CT molecular complexity index is 652. The zero-order valence-corrected chi connectivity index (χ0v) is 14.7. The summed E-state index contributed by atoms with van der Waals surface area (Å²) in [4.78, 5) is 14.7. The molecule has 1 unspecified atom stereocenters. The van der Waals surface area contributed by atoms with Crippen molar-refractivity contribution in [3.63, 3.8) is 0 Å². The fourth-order valence-electron chi connectivity index (χ4n) is 2.94. The molecule has 0 bridgehead atoms. The molecule has 0 radical (unpaired) electrons. The maximum Gasteiger partial charge on any atom is 0.232 e. The largest absolute Gasteiger partial charge is 0.338 e. The minimum absolute atomic E-state index is 0.0422. The molecule has 2 rings (SSSR count). The molecular weight excluding hydrogens is 322 g/mol. The normalized spacial score (nSPS) is 20.8.